The summed E-state index contributed by atoms with van der Waals surface area (Å²) in [6, 6.07) is 3.70. The predicted molar refractivity (Wildman–Crippen MR) is 48.2 cm³/mol. The molecule has 0 amide bonds. The maximum Gasteiger partial charge on any atom is 0.303 e. The maximum absolute atomic E-state index is 10.7. The molecule has 1 heterocycles. The number of carbonyl (C=O) groups is 1. The maximum atomic E-state index is 10.7. The molecule has 1 rings (SSSR count). The lowest BCUT2D eigenvalue weighted by molar-refractivity contribution is -0.147. The molecule has 13 heavy (non-hydrogen) atoms. The van der Waals surface area contributed by atoms with E-state index in [4.69, 9.17) is 9.15 Å². The zero-order valence-corrected chi connectivity index (χ0v) is 8.16. The molecule has 0 aliphatic rings. The molecule has 0 aliphatic carbocycles. The third-order valence-corrected chi connectivity index (χ3v) is 1.76. The SMILES string of the molecule is CCC(OC(C)=O)c1ccc(C)o1. The number of aryl methyl sites for hydroxylation is 1. The molecule has 0 fully saturated rings. The van der Waals surface area contributed by atoms with Crippen molar-refractivity contribution < 1.29 is 13.9 Å². The number of esters is 1. The average Bonchev–Trinajstić information content (AvgIpc) is 2.47. The van der Waals surface area contributed by atoms with E-state index in [-0.39, 0.29) is 12.1 Å². The monoisotopic (exact) mass is 182 g/mol. The van der Waals surface area contributed by atoms with Crippen LogP contribution in [-0.4, -0.2) is 5.97 Å². The van der Waals surface area contributed by atoms with Crippen LogP contribution >= 0.6 is 0 Å². The summed E-state index contributed by atoms with van der Waals surface area (Å²) in [5.74, 6) is 1.27. The van der Waals surface area contributed by atoms with Crippen LogP contribution in [0.2, 0.25) is 0 Å². The first-order valence-electron chi connectivity index (χ1n) is 4.37. The third kappa shape index (κ3) is 2.61. The molecule has 1 aromatic rings. The van der Waals surface area contributed by atoms with Crippen LogP contribution in [0.1, 0.15) is 37.9 Å². The number of hydrogen-bond donors (Lipinski definition) is 0. The molecule has 0 spiro atoms. The summed E-state index contributed by atoms with van der Waals surface area (Å²) in [6.07, 6.45) is 0.484. The van der Waals surface area contributed by atoms with Gasteiger partial charge in [0.05, 0.1) is 0 Å². The first-order valence-corrected chi connectivity index (χ1v) is 4.37. The number of furan rings is 1. The van der Waals surface area contributed by atoms with Crippen molar-refractivity contribution in [2.75, 3.05) is 0 Å². The third-order valence-electron chi connectivity index (χ3n) is 1.76. The fourth-order valence-corrected chi connectivity index (χ4v) is 1.17. The topological polar surface area (TPSA) is 39.4 Å². The van der Waals surface area contributed by atoms with Gasteiger partial charge in [-0.2, -0.15) is 0 Å². The Labute approximate surface area is 77.7 Å². The van der Waals surface area contributed by atoms with Gasteiger partial charge in [-0.05, 0) is 25.5 Å². The molecule has 1 unspecified atom stereocenters. The van der Waals surface area contributed by atoms with Crippen LogP contribution in [0, 0.1) is 6.92 Å². The molecule has 1 aromatic heterocycles. The predicted octanol–water partition coefficient (Wildman–Crippen LogP) is 2.60. The van der Waals surface area contributed by atoms with Gasteiger partial charge in [0.2, 0.25) is 0 Å². The van der Waals surface area contributed by atoms with Gasteiger partial charge in [0.1, 0.15) is 11.5 Å². The summed E-state index contributed by atoms with van der Waals surface area (Å²) in [6.45, 7) is 5.22. The minimum atomic E-state index is -0.277. The Bertz CT molecular complexity index is 288. The van der Waals surface area contributed by atoms with Crippen molar-refractivity contribution in [3.8, 4) is 0 Å². The summed E-state index contributed by atoms with van der Waals surface area (Å²) in [5, 5.41) is 0. The van der Waals surface area contributed by atoms with Gasteiger partial charge in [-0.1, -0.05) is 6.92 Å². The Kier molecular flexibility index (Phi) is 3.12. The van der Waals surface area contributed by atoms with Gasteiger partial charge in [-0.15, -0.1) is 0 Å². The Morgan fingerprint density at radius 3 is 2.69 bits per heavy atom. The minimum Gasteiger partial charge on any atom is -0.462 e. The quantitative estimate of drug-likeness (QED) is 0.674. The number of carbonyl (C=O) groups excluding carboxylic acids is 1. The number of hydrogen-bond acceptors (Lipinski definition) is 3. The molecule has 0 aromatic carbocycles. The van der Waals surface area contributed by atoms with Crippen molar-refractivity contribution >= 4 is 5.97 Å². The van der Waals surface area contributed by atoms with E-state index in [0.717, 1.165) is 17.9 Å². The molecular formula is C10H14O3. The molecule has 72 valence electrons. The molecular weight excluding hydrogens is 168 g/mol. The molecule has 0 aliphatic heterocycles. The lowest BCUT2D eigenvalue weighted by Crippen LogP contribution is -2.06. The van der Waals surface area contributed by atoms with Crippen molar-refractivity contribution in [3.63, 3.8) is 0 Å². The van der Waals surface area contributed by atoms with E-state index in [1.54, 1.807) is 0 Å². The largest absolute Gasteiger partial charge is 0.462 e. The molecule has 0 N–H and O–H groups in total. The van der Waals surface area contributed by atoms with E-state index in [1.807, 2.05) is 26.0 Å². The molecule has 0 saturated carbocycles. The lowest BCUT2D eigenvalue weighted by Gasteiger charge is -2.11. The smallest absolute Gasteiger partial charge is 0.303 e. The first-order chi connectivity index (χ1) is 6.13. The molecule has 3 nitrogen and oxygen atoms in total. The van der Waals surface area contributed by atoms with Crippen LogP contribution < -0.4 is 0 Å². The van der Waals surface area contributed by atoms with Crippen LogP contribution in [0.5, 0.6) is 0 Å². The molecule has 0 radical (unpaired) electrons. The normalized spacial score (nSPS) is 12.5. The number of rotatable bonds is 3. The van der Waals surface area contributed by atoms with Crippen molar-refractivity contribution in [3.05, 3.63) is 23.7 Å². The van der Waals surface area contributed by atoms with E-state index in [0.29, 0.717) is 0 Å². The van der Waals surface area contributed by atoms with E-state index in [2.05, 4.69) is 0 Å². The Morgan fingerprint density at radius 2 is 2.31 bits per heavy atom. The van der Waals surface area contributed by atoms with Crippen molar-refractivity contribution in [2.24, 2.45) is 0 Å². The van der Waals surface area contributed by atoms with E-state index in [1.165, 1.54) is 6.92 Å². The van der Waals surface area contributed by atoms with E-state index < -0.39 is 0 Å². The molecule has 3 heteroatoms. The minimum absolute atomic E-state index is 0.244. The Balaban J connectivity index is 2.72. The highest BCUT2D eigenvalue weighted by Crippen LogP contribution is 2.22. The highest BCUT2D eigenvalue weighted by Gasteiger charge is 2.15. The number of ether oxygens (including phenoxy) is 1. The van der Waals surface area contributed by atoms with Crippen LogP contribution in [0.3, 0.4) is 0 Å². The zero-order valence-electron chi connectivity index (χ0n) is 8.16. The van der Waals surface area contributed by atoms with E-state index >= 15 is 0 Å². The van der Waals surface area contributed by atoms with Gasteiger partial charge in [0, 0.05) is 6.92 Å². The van der Waals surface area contributed by atoms with E-state index in [9.17, 15) is 4.79 Å². The summed E-state index contributed by atoms with van der Waals surface area (Å²) in [7, 11) is 0. The Morgan fingerprint density at radius 1 is 1.62 bits per heavy atom. The van der Waals surface area contributed by atoms with Gasteiger partial charge in [-0.3, -0.25) is 4.79 Å². The van der Waals surface area contributed by atoms with Gasteiger partial charge >= 0.3 is 5.97 Å². The fourth-order valence-electron chi connectivity index (χ4n) is 1.17. The zero-order chi connectivity index (χ0) is 9.84. The summed E-state index contributed by atoms with van der Waals surface area (Å²) >= 11 is 0. The van der Waals surface area contributed by atoms with Gasteiger partial charge in [0.25, 0.3) is 0 Å². The molecule has 0 bridgehead atoms. The molecule has 1 atom stereocenters. The van der Waals surface area contributed by atoms with Gasteiger partial charge in [0.15, 0.2) is 6.10 Å². The Hall–Kier alpha value is -1.25. The summed E-state index contributed by atoms with van der Waals surface area (Å²) < 4.78 is 10.4. The van der Waals surface area contributed by atoms with Crippen LogP contribution in [-0.2, 0) is 9.53 Å². The van der Waals surface area contributed by atoms with Crippen molar-refractivity contribution in [1.29, 1.82) is 0 Å². The average molecular weight is 182 g/mol. The van der Waals surface area contributed by atoms with Crippen LogP contribution in [0.4, 0.5) is 0 Å². The van der Waals surface area contributed by atoms with Crippen LogP contribution in [0.25, 0.3) is 0 Å². The van der Waals surface area contributed by atoms with Crippen molar-refractivity contribution in [1.82, 2.24) is 0 Å². The second-order valence-corrected chi connectivity index (χ2v) is 2.95. The molecule has 0 saturated heterocycles. The summed E-state index contributed by atoms with van der Waals surface area (Å²) in [5.41, 5.74) is 0. The van der Waals surface area contributed by atoms with Gasteiger partial charge in [-0.25, -0.2) is 0 Å². The fraction of sp³-hybridized carbons (Fsp3) is 0.500. The van der Waals surface area contributed by atoms with Crippen LogP contribution in [0.15, 0.2) is 16.5 Å². The lowest BCUT2D eigenvalue weighted by atomic mass is 10.2. The second kappa shape index (κ2) is 4.12. The first kappa shape index (κ1) is 9.84. The highest BCUT2D eigenvalue weighted by atomic mass is 16.5. The van der Waals surface area contributed by atoms with Crippen molar-refractivity contribution in [2.45, 2.75) is 33.3 Å². The highest BCUT2D eigenvalue weighted by molar-refractivity contribution is 5.66. The standard InChI is InChI=1S/C10H14O3/c1-4-9(13-8(3)11)10-6-5-7(2)12-10/h5-6,9H,4H2,1-3H3. The summed E-state index contributed by atoms with van der Waals surface area (Å²) in [4.78, 5) is 10.7. The van der Waals surface area contributed by atoms with Gasteiger partial charge < -0.3 is 9.15 Å². The second-order valence-electron chi connectivity index (χ2n) is 2.95.